The Morgan fingerprint density at radius 2 is 2.16 bits per heavy atom. The second kappa shape index (κ2) is 6.30. The van der Waals surface area contributed by atoms with E-state index in [9.17, 15) is 4.79 Å². The monoisotopic (exact) mass is 302 g/mol. The lowest BCUT2D eigenvalue weighted by Gasteiger charge is -2.09. The summed E-state index contributed by atoms with van der Waals surface area (Å²) in [4.78, 5) is 15.5. The van der Waals surface area contributed by atoms with Crippen LogP contribution < -0.4 is 16.4 Å². The molecule has 1 heterocycles. The average Bonchev–Trinajstić information content (AvgIpc) is 3.14. The summed E-state index contributed by atoms with van der Waals surface area (Å²) >= 11 is 11.8. The van der Waals surface area contributed by atoms with Gasteiger partial charge in [0.05, 0.1) is 10.0 Å². The van der Waals surface area contributed by atoms with Crippen LogP contribution in [-0.4, -0.2) is 23.5 Å². The van der Waals surface area contributed by atoms with Crippen molar-refractivity contribution in [2.24, 2.45) is 0 Å². The van der Waals surface area contributed by atoms with E-state index in [4.69, 9.17) is 28.9 Å². The van der Waals surface area contributed by atoms with Crippen LogP contribution in [0.2, 0.25) is 10.0 Å². The van der Waals surface area contributed by atoms with Crippen molar-refractivity contribution in [3.05, 3.63) is 16.1 Å². The number of hydrogen-bond donors (Lipinski definition) is 3. The van der Waals surface area contributed by atoms with Gasteiger partial charge in [0.15, 0.2) is 0 Å². The highest BCUT2D eigenvalue weighted by Gasteiger charge is 2.22. The number of amides is 1. The fourth-order valence-electron chi connectivity index (χ4n) is 1.59. The molecule has 1 fully saturated rings. The Morgan fingerprint density at radius 1 is 1.42 bits per heavy atom. The van der Waals surface area contributed by atoms with Crippen molar-refractivity contribution < 1.29 is 4.79 Å². The normalized spacial score (nSPS) is 14.2. The molecule has 0 radical (unpaired) electrons. The molecule has 1 aliphatic carbocycles. The van der Waals surface area contributed by atoms with Gasteiger partial charge in [-0.25, -0.2) is 4.98 Å². The Hall–Kier alpha value is -1.20. The lowest BCUT2D eigenvalue weighted by Crippen LogP contribution is -2.25. The number of carbonyl (C=O) groups excluding carboxylic acids is 1. The summed E-state index contributed by atoms with van der Waals surface area (Å²) in [5, 5.41) is 6.73. The maximum Gasteiger partial charge on any atom is 0.220 e. The fourth-order valence-corrected chi connectivity index (χ4v) is 2.01. The second-order valence-corrected chi connectivity index (χ2v) is 5.37. The number of halogens is 2. The van der Waals surface area contributed by atoms with Gasteiger partial charge >= 0.3 is 0 Å². The Balaban J connectivity index is 1.72. The third kappa shape index (κ3) is 4.44. The lowest BCUT2D eigenvalue weighted by atomic mass is 10.3. The summed E-state index contributed by atoms with van der Waals surface area (Å²) in [5.74, 6) is 0.824. The number of pyridine rings is 1. The molecule has 1 aromatic rings. The molecule has 0 aromatic carbocycles. The van der Waals surface area contributed by atoms with Crippen molar-refractivity contribution in [1.29, 1.82) is 0 Å². The van der Waals surface area contributed by atoms with Gasteiger partial charge < -0.3 is 16.4 Å². The molecular weight excluding hydrogens is 287 g/mol. The number of anilines is 2. The third-order valence-corrected chi connectivity index (χ3v) is 3.36. The van der Waals surface area contributed by atoms with E-state index < -0.39 is 0 Å². The molecule has 104 valence electrons. The number of rotatable bonds is 6. The molecule has 0 spiro atoms. The number of carbonyl (C=O) groups is 1. The van der Waals surface area contributed by atoms with Gasteiger partial charge in [-0.2, -0.15) is 0 Å². The number of nitrogens with one attached hydrogen (secondary N) is 2. The van der Waals surface area contributed by atoms with E-state index in [2.05, 4.69) is 15.6 Å². The van der Waals surface area contributed by atoms with Gasteiger partial charge in [0.1, 0.15) is 11.6 Å². The standard InChI is InChI=1S/C12H16Cl2N4O/c13-8-6-9(14)12(18-11(8)15)16-5-1-2-10(19)17-7-3-4-7/h6-7H,1-5H2,(H,17,19)(H3,15,16,18). The van der Waals surface area contributed by atoms with Crippen LogP contribution in [0.4, 0.5) is 11.6 Å². The highest BCUT2D eigenvalue weighted by atomic mass is 35.5. The van der Waals surface area contributed by atoms with Gasteiger partial charge in [0.25, 0.3) is 0 Å². The van der Waals surface area contributed by atoms with Crippen molar-refractivity contribution in [2.75, 3.05) is 17.6 Å². The number of nitrogen functional groups attached to an aromatic ring is 1. The van der Waals surface area contributed by atoms with Crippen molar-refractivity contribution in [2.45, 2.75) is 31.7 Å². The SMILES string of the molecule is Nc1nc(NCCCC(=O)NC2CC2)c(Cl)cc1Cl. The Labute approximate surface area is 121 Å². The maximum atomic E-state index is 11.5. The molecule has 1 saturated carbocycles. The second-order valence-electron chi connectivity index (χ2n) is 4.56. The van der Waals surface area contributed by atoms with Gasteiger partial charge in [-0.1, -0.05) is 23.2 Å². The van der Waals surface area contributed by atoms with E-state index >= 15 is 0 Å². The topological polar surface area (TPSA) is 80.0 Å². The van der Waals surface area contributed by atoms with Crippen LogP contribution in [0.25, 0.3) is 0 Å². The Kier molecular flexibility index (Phi) is 4.71. The molecule has 0 unspecified atom stereocenters. The summed E-state index contributed by atoms with van der Waals surface area (Å²) in [6, 6.07) is 1.96. The highest BCUT2D eigenvalue weighted by molar-refractivity contribution is 6.37. The molecule has 0 saturated heterocycles. The van der Waals surface area contributed by atoms with E-state index in [0.29, 0.717) is 41.3 Å². The summed E-state index contributed by atoms with van der Waals surface area (Å²) in [6.45, 7) is 0.603. The Bertz CT molecular complexity index is 477. The smallest absolute Gasteiger partial charge is 0.220 e. The maximum absolute atomic E-state index is 11.5. The minimum Gasteiger partial charge on any atom is -0.382 e. The molecule has 4 N–H and O–H groups in total. The molecule has 5 nitrogen and oxygen atoms in total. The zero-order valence-electron chi connectivity index (χ0n) is 10.4. The molecule has 0 atom stereocenters. The summed E-state index contributed by atoms with van der Waals surface area (Å²) in [5.41, 5.74) is 5.60. The van der Waals surface area contributed by atoms with Crippen LogP contribution in [0.15, 0.2) is 6.07 Å². The van der Waals surface area contributed by atoms with Gasteiger partial charge in [-0.15, -0.1) is 0 Å². The number of nitrogens with zero attached hydrogens (tertiary/aromatic N) is 1. The third-order valence-electron chi connectivity index (χ3n) is 2.77. The highest BCUT2D eigenvalue weighted by Crippen LogP contribution is 2.27. The van der Waals surface area contributed by atoms with Crippen LogP contribution in [0, 0.1) is 0 Å². The number of nitrogens with two attached hydrogens (primary N) is 1. The molecule has 1 aliphatic rings. The number of aromatic nitrogens is 1. The van der Waals surface area contributed by atoms with Crippen molar-refractivity contribution in [3.63, 3.8) is 0 Å². The van der Waals surface area contributed by atoms with E-state index in [0.717, 1.165) is 12.8 Å². The van der Waals surface area contributed by atoms with Crippen molar-refractivity contribution in [3.8, 4) is 0 Å². The molecule has 0 bridgehead atoms. The van der Waals surface area contributed by atoms with Crippen molar-refractivity contribution >= 4 is 40.7 Å². The average molecular weight is 303 g/mol. The number of hydrogen-bond acceptors (Lipinski definition) is 4. The van der Waals surface area contributed by atoms with Crippen LogP contribution in [-0.2, 0) is 4.79 Å². The van der Waals surface area contributed by atoms with Crippen LogP contribution in [0.1, 0.15) is 25.7 Å². The lowest BCUT2D eigenvalue weighted by molar-refractivity contribution is -0.121. The Morgan fingerprint density at radius 3 is 2.84 bits per heavy atom. The van der Waals surface area contributed by atoms with E-state index in [-0.39, 0.29) is 11.7 Å². The van der Waals surface area contributed by atoms with Crippen LogP contribution in [0.3, 0.4) is 0 Å². The zero-order valence-corrected chi connectivity index (χ0v) is 11.9. The predicted molar refractivity (Wildman–Crippen MR) is 77.6 cm³/mol. The molecular formula is C12H16Cl2N4O. The summed E-state index contributed by atoms with van der Waals surface area (Å²) < 4.78 is 0. The van der Waals surface area contributed by atoms with Gasteiger partial charge in [-0.05, 0) is 25.3 Å². The molecule has 1 aromatic heterocycles. The quantitative estimate of drug-likeness (QED) is 0.705. The largest absolute Gasteiger partial charge is 0.382 e. The van der Waals surface area contributed by atoms with Gasteiger partial charge in [-0.3, -0.25) is 4.79 Å². The first kappa shape index (κ1) is 14.2. The molecule has 19 heavy (non-hydrogen) atoms. The minimum atomic E-state index is 0.0963. The predicted octanol–water partition coefficient (Wildman–Crippen LogP) is 2.44. The fraction of sp³-hybridized carbons (Fsp3) is 0.500. The van der Waals surface area contributed by atoms with Crippen molar-refractivity contribution in [1.82, 2.24) is 10.3 Å². The minimum absolute atomic E-state index is 0.0963. The summed E-state index contributed by atoms with van der Waals surface area (Å²) in [6.07, 6.45) is 3.41. The first-order valence-electron chi connectivity index (χ1n) is 6.21. The molecule has 1 amide bonds. The summed E-state index contributed by atoms with van der Waals surface area (Å²) in [7, 11) is 0. The van der Waals surface area contributed by atoms with E-state index in [1.807, 2.05) is 0 Å². The van der Waals surface area contributed by atoms with E-state index in [1.165, 1.54) is 0 Å². The molecule has 0 aliphatic heterocycles. The molecule has 2 rings (SSSR count). The zero-order chi connectivity index (χ0) is 13.8. The first-order valence-corrected chi connectivity index (χ1v) is 6.96. The van der Waals surface area contributed by atoms with E-state index in [1.54, 1.807) is 6.07 Å². The van der Waals surface area contributed by atoms with Crippen LogP contribution in [0.5, 0.6) is 0 Å². The molecule has 7 heteroatoms. The van der Waals surface area contributed by atoms with Gasteiger partial charge in [0.2, 0.25) is 5.91 Å². The first-order chi connectivity index (χ1) is 9.06. The van der Waals surface area contributed by atoms with Gasteiger partial charge in [0, 0.05) is 19.0 Å². The van der Waals surface area contributed by atoms with Crippen LogP contribution >= 0.6 is 23.2 Å².